The van der Waals surface area contributed by atoms with Crippen molar-refractivity contribution in [3.63, 3.8) is 0 Å². The highest BCUT2D eigenvalue weighted by Crippen LogP contribution is 2.29. The molecule has 1 heterocycles. The molecular formula is C21H24FNO3S. The molecule has 0 fully saturated rings. The van der Waals surface area contributed by atoms with Crippen molar-refractivity contribution in [1.29, 1.82) is 0 Å². The summed E-state index contributed by atoms with van der Waals surface area (Å²) in [5.74, 6) is 0.124. The van der Waals surface area contributed by atoms with Crippen LogP contribution in [0.2, 0.25) is 0 Å². The number of hydrogen-bond acceptors (Lipinski definition) is 5. The minimum absolute atomic E-state index is 0.0286. The van der Waals surface area contributed by atoms with Gasteiger partial charge in [-0.2, -0.15) is 0 Å². The average Bonchev–Trinajstić information content (AvgIpc) is 2.70. The van der Waals surface area contributed by atoms with Crippen molar-refractivity contribution >= 4 is 22.8 Å². The maximum Gasteiger partial charge on any atom is 0.338 e. The molecular weight excluding hydrogens is 364 g/mol. The first-order chi connectivity index (χ1) is 13.1. The lowest BCUT2D eigenvalue weighted by Crippen LogP contribution is -2.11. The second-order valence-corrected chi connectivity index (χ2v) is 7.02. The van der Waals surface area contributed by atoms with E-state index in [0.29, 0.717) is 41.0 Å². The van der Waals surface area contributed by atoms with Crippen LogP contribution in [-0.2, 0) is 17.6 Å². The second-order valence-electron chi connectivity index (χ2n) is 5.79. The van der Waals surface area contributed by atoms with Gasteiger partial charge in [0.05, 0.1) is 22.5 Å². The zero-order valence-electron chi connectivity index (χ0n) is 15.9. The number of rotatable bonds is 8. The molecule has 0 saturated carbocycles. The van der Waals surface area contributed by atoms with Crippen molar-refractivity contribution in [3.05, 3.63) is 52.7 Å². The minimum atomic E-state index is -0.724. The number of pyridine rings is 1. The summed E-state index contributed by atoms with van der Waals surface area (Å²) in [5, 5.41) is 0.0286. The summed E-state index contributed by atoms with van der Waals surface area (Å²) < 4.78 is 17.3. The number of aryl methyl sites for hydroxylation is 2. The van der Waals surface area contributed by atoms with Gasteiger partial charge in [-0.1, -0.05) is 50.7 Å². The van der Waals surface area contributed by atoms with Crippen molar-refractivity contribution in [2.75, 3.05) is 19.0 Å². The Balaban J connectivity index is 2.57. The van der Waals surface area contributed by atoms with Gasteiger partial charge in [0.25, 0.3) is 0 Å². The van der Waals surface area contributed by atoms with Crippen LogP contribution in [0.4, 0.5) is 4.39 Å². The van der Waals surface area contributed by atoms with E-state index in [0.717, 1.165) is 11.3 Å². The van der Waals surface area contributed by atoms with Gasteiger partial charge in [-0.3, -0.25) is 9.78 Å². The van der Waals surface area contributed by atoms with Gasteiger partial charge in [0.15, 0.2) is 0 Å². The molecule has 2 rings (SSSR count). The molecule has 0 aliphatic carbocycles. The number of esters is 1. The molecule has 0 bridgehead atoms. The standard InChI is InChI=1S/C21H24FNO3S/c1-4-14-13-18(23-17(5-2)19(14)21(25)27-6-3)15-9-7-8-10-16(15)20(24)26-12-11-22/h7-10,13H,4-6,11-12H2,1-3H3/i22-1. The molecule has 0 unspecified atom stereocenters. The van der Waals surface area contributed by atoms with Gasteiger partial charge < -0.3 is 4.74 Å². The fourth-order valence-electron chi connectivity index (χ4n) is 2.87. The SMILES string of the molecule is CCSC(=O)c1c(CC)cc(-c2ccccc2C(=O)OCC[18F])nc1CC. The van der Waals surface area contributed by atoms with Gasteiger partial charge >= 0.3 is 5.97 Å². The maximum atomic E-state index is 12.6. The van der Waals surface area contributed by atoms with E-state index in [9.17, 15) is 14.0 Å². The maximum absolute atomic E-state index is 12.6. The third-order valence-electron chi connectivity index (χ3n) is 4.10. The molecule has 0 saturated heterocycles. The molecule has 27 heavy (non-hydrogen) atoms. The first-order valence-electron chi connectivity index (χ1n) is 9.09. The molecule has 0 aliphatic heterocycles. The number of benzene rings is 1. The van der Waals surface area contributed by atoms with Crippen LogP contribution in [0.5, 0.6) is 0 Å². The Hall–Kier alpha value is -2.21. The Kier molecular flexibility index (Phi) is 7.98. The molecule has 2 aromatic rings. The van der Waals surface area contributed by atoms with E-state index < -0.39 is 12.6 Å². The molecule has 144 valence electrons. The summed E-state index contributed by atoms with van der Waals surface area (Å²) in [7, 11) is 0. The minimum Gasteiger partial charge on any atom is -0.459 e. The fraction of sp³-hybridized carbons (Fsp3) is 0.381. The molecule has 0 radical (unpaired) electrons. The summed E-state index contributed by atoms with van der Waals surface area (Å²) in [5.41, 5.74) is 3.89. The number of carbonyl (C=O) groups is 2. The third-order valence-corrected chi connectivity index (χ3v) is 4.86. The normalized spacial score (nSPS) is 10.7. The topological polar surface area (TPSA) is 56.3 Å². The molecule has 0 atom stereocenters. The molecule has 0 spiro atoms. The first-order valence-corrected chi connectivity index (χ1v) is 10.1. The lowest BCUT2D eigenvalue weighted by atomic mass is 9.97. The summed E-state index contributed by atoms with van der Waals surface area (Å²) in [6.07, 6.45) is 1.29. The van der Waals surface area contributed by atoms with Crippen LogP contribution >= 0.6 is 11.8 Å². The van der Waals surface area contributed by atoms with Gasteiger partial charge in [-0.05, 0) is 36.3 Å². The van der Waals surface area contributed by atoms with Crippen LogP contribution in [0.15, 0.2) is 30.3 Å². The first kappa shape index (κ1) is 21.1. The van der Waals surface area contributed by atoms with Crippen LogP contribution in [0, 0.1) is 0 Å². The molecule has 4 nitrogen and oxygen atoms in total. The molecule has 1 aromatic heterocycles. The zero-order valence-corrected chi connectivity index (χ0v) is 16.7. The van der Waals surface area contributed by atoms with Crippen molar-refractivity contribution in [3.8, 4) is 11.3 Å². The van der Waals surface area contributed by atoms with Crippen molar-refractivity contribution in [2.45, 2.75) is 33.6 Å². The highest BCUT2D eigenvalue weighted by molar-refractivity contribution is 8.14. The molecule has 0 amide bonds. The molecule has 0 aliphatic rings. The van der Waals surface area contributed by atoms with E-state index in [1.54, 1.807) is 18.2 Å². The van der Waals surface area contributed by atoms with Crippen LogP contribution in [0.1, 0.15) is 52.7 Å². The number of carbonyl (C=O) groups excluding carboxylic acids is 2. The van der Waals surface area contributed by atoms with Gasteiger partial charge in [0.2, 0.25) is 5.12 Å². The van der Waals surface area contributed by atoms with Gasteiger partial charge in [-0.15, -0.1) is 0 Å². The Morgan fingerprint density at radius 2 is 1.89 bits per heavy atom. The number of hydrogen-bond donors (Lipinski definition) is 0. The number of alkyl halides is 1. The third kappa shape index (κ3) is 4.95. The Labute approximate surface area is 163 Å². The lowest BCUT2D eigenvalue weighted by Gasteiger charge is -2.15. The van der Waals surface area contributed by atoms with Gasteiger partial charge in [0, 0.05) is 5.56 Å². The van der Waals surface area contributed by atoms with Crippen LogP contribution in [-0.4, -0.2) is 35.1 Å². The number of nitrogens with zero attached hydrogens (tertiary/aromatic N) is 1. The summed E-state index contributed by atoms with van der Waals surface area (Å²) in [6, 6.07) is 8.83. The van der Waals surface area contributed by atoms with Crippen LogP contribution in [0.3, 0.4) is 0 Å². The predicted molar refractivity (Wildman–Crippen MR) is 107 cm³/mol. The van der Waals surface area contributed by atoms with E-state index in [1.165, 1.54) is 11.8 Å². The highest BCUT2D eigenvalue weighted by Gasteiger charge is 2.21. The summed E-state index contributed by atoms with van der Waals surface area (Å²) in [4.78, 5) is 29.5. The number of halogens is 1. The van der Waals surface area contributed by atoms with Crippen LogP contribution in [0.25, 0.3) is 11.3 Å². The summed E-state index contributed by atoms with van der Waals surface area (Å²) >= 11 is 1.27. The Morgan fingerprint density at radius 3 is 2.52 bits per heavy atom. The number of ether oxygens (including phenoxy) is 1. The monoisotopic (exact) mass is 388 g/mol. The smallest absolute Gasteiger partial charge is 0.338 e. The van der Waals surface area contributed by atoms with E-state index in [4.69, 9.17) is 4.74 Å². The molecule has 6 heteroatoms. The van der Waals surface area contributed by atoms with E-state index in [-0.39, 0.29) is 11.7 Å². The van der Waals surface area contributed by atoms with E-state index in [2.05, 4.69) is 4.98 Å². The number of thioether (sulfide) groups is 1. The van der Waals surface area contributed by atoms with Gasteiger partial charge in [0.1, 0.15) is 13.3 Å². The van der Waals surface area contributed by atoms with E-state index in [1.807, 2.05) is 32.9 Å². The van der Waals surface area contributed by atoms with Crippen molar-refractivity contribution in [1.82, 2.24) is 4.98 Å². The summed E-state index contributed by atoms with van der Waals surface area (Å²) in [6.45, 7) is 4.90. The largest absolute Gasteiger partial charge is 0.459 e. The van der Waals surface area contributed by atoms with Crippen LogP contribution < -0.4 is 0 Å². The average molecular weight is 388 g/mol. The van der Waals surface area contributed by atoms with Gasteiger partial charge in [-0.25, -0.2) is 9.18 Å². The highest BCUT2D eigenvalue weighted by atomic mass is 32.2. The second kappa shape index (κ2) is 10.2. The molecule has 1 aromatic carbocycles. The predicted octanol–water partition coefficient (Wildman–Crippen LogP) is 4.89. The fourth-order valence-corrected chi connectivity index (χ4v) is 3.53. The van der Waals surface area contributed by atoms with Crippen molar-refractivity contribution in [2.24, 2.45) is 0 Å². The number of aromatic nitrogens is 1. The van der Waals surface area contributed by atoms with Crippen molar-refractivity contribution < 1.29 is 18.7 Å². The molecule has 0 N–H and O–H groups in total. The van der Waals surface area contributed by atoms with E-state index >= 15 is 0 Å². The lowest BCUT2D eigenvalue weighted by molar-refractivity contribution is 0.0482. The Morgan fingerprint density at radius 1 is 1.15 bits per heavy atom. The quantitative estimate of drug-likeness (QED) is 0.603. The Bertz CT molecular complexity index is 798. The zero-order chi connectivity index (χ0) is 19.8.